The third-order valence-electron chi connectivity index (χ3n) is 17.6. The number of piperidine rings is 4. The molecule has 17 nitrogen and oxygen atoms in total. The van der Waals surface area contributed by atoms with E-state index in [1.54, 1.807) is 17.3 Å². The van der Waals surface area contributed by atoms with Crippen LogP contribution in [0.1, 0.15) is 153 Å². The first-order chi connectivity index (χ1) is 38.0. The molecule has 6 heterocycles. The van der Waals surface area contributed by atoms with Gasteiger partial charge in [0.2, 0.25) is 5.91 Å². The molecule has 3 aromatic carbocycles. The zero-order valence-electron chi connectivity index (χ0n) is 45.8. The van der Waals surface area contributed by atoms with Gasteiger partial charge in [0.25, 0.3) is 11.8 Å². The molecular weight excluding hydrogens is 977 g/mol. The zero-order chi connectivity index (χ0) is 54.0. The molecule has 11 rings (SSSR count). The maximum Gasteiger partial charge on any atom is 0.271 e. The third-order valence-corrected chi connectivity index (χ3v) is 17.6. The van der Waals surface area contributed by atoms with Crippen molar-refractivity contribution in [3.63, 3.8) is 0 Å². The van der Waals surface area contributed by atoms with Gasteiger partial charge in [0.1, 0.15) is 11.6 Å². The monoisotopic (exact) mass is 1060 g/mol. The largest absolute Gasteiger partial charge is 0.364 e. The van der Waals surface area contributed by atoms with Crippen molar-refractivity contribution in [2.45, 2.75) is 139 Å². The number of amides is 3. The smallest absolute Gasteiger partial charge is 0.271 e. The van der Waals surface area contributed by atoms with E-state index in [0.717, 1.165) is 74.5 Å². The Labute approximate surface area is 461 Å². The van der Waals surface area contributed by atoms with Crippen molar-refractivity contribution in [2.24, 2.45) is 23.1 Å². The molecule has 5 aromatic rings. The summed E-state index contributed by atoms with van der Waals surface area (Å²) >= 11 is 0. The Bertz CT molecular complexity index is 2770. The number of rotatable bonds is 15. The number of aromatic nitrogens is 4. The fourth-order valence-corrected chi connectivity index (χ4v) is 13.1. The molecule has 4 aliphatic heterocycles. The van der Waals surface area contributed by atoms with E-state index in [1.807, 2.05) is 37.4 Å². The van der Waals surface area contributed by atoms with E-state index in [9.17, 15) is 14.4 Å². The summed E-state index contributed by atoms with van der Waals surface area (Å²) in [4.78, 5) is 67.0. The molecule has 4 saturated heterocycles. The minimum Gasteiger partial charge on any atom is -0.364 e. The highest BCUT2D eigenvalue weighted by Crippen LogP contribution is 2.36. The van der Waals surface area contributed by atoms with Crippen LogP contribution in [-0.4, -0.2) is 125 Å². The number of hydrogen-bond acceptors (Lipinski definition) is 14. The Morgan fingerprint density at radius 1 is 0.551 bits per heavy atom. The third kappa shape index (κ3) is 13.8. The van der Waals surface area contributed by atoms with Gasteiger partial charge in [0.05, 0.1) is 12.4 Å². The predicted octanol–water partition coefficient (Wildman–Crippen LogP) is 9.08. The molecule has 3 amide bonds. The summed E-state index contributed by atoms with van der Waals surface area (Å²) in [5.74, 6) is 2.42. The zero-order valence-corrected chi connectivity index (χ0v) is 45.8. The average molecular weight is 1060 g/mol. The molecule has 6 fully saturated rings. The molecule has 414 valence electrons. The van der Waals surface area contributed by atoms with Gasteiger partial charge in [-0.3, -0.25) is 14.4 Å². The van der Waals surface area contributed by atoms with Crippen molar-refractivity contribution in [1.29, 1.82) is 0 Å². The van der Waals surface area contributed by atoms with E-state index in [1.165, 1.54) is 114 Å². The number of anilines is 7. The second-order valence-corrected chi connectivity index (χ2v) is 22.9. The summed E-state index contributed by atoms with van der Waals surface area (Å²) in [6, 6.07) is 28.5. The van der Waals surface area contributed by atoms with Crippen LogP contribution in [-0.2, 0) is 4.79 Å². The fraction of sp³-hybridized carbons (Fsp3) is 0.525. The Balaban J connectivity index is 0.000000182. The highest BCUT2D eigenvalue weighted by Gasteiger charge is 2.31. The van der Waals surface area contributed by atoms with Crippen molar-refractivity contribution < 1.29 is 14.4 Å². The summed E-state index contributed by atoms with van der Waals surface area (Å²) in [7, 11) is 1.83. The predicted molar refractivity (Wildman–Crippen MR) is 311 cm³/mol. The highest BCUT2D eigenvalue weighted by molar-refractivity contribution is 5.97. The maximum atomic E-state index is 13.0. The Kier molecular flexibility index (Phi) is 18.1. The van der Waals surface area contributed by atoms with Gasteiger partial charge in [-0.2, -0.15) is 0 Å². The van der Waals surface area contributed by atoms with Gasteiger partial charge in [0.15, 0.2) is 23.0 Å². The quantitative estimate of drug-likeness (QED) is 0.0660. The first kappa shape index (κ1) is 54.7. The molecule has 0 bridgehead atoms. The van der Waals surface area contributed by atoms with Crippen LogP contribution in [0.2, 0.25) is 0 Å². The number of likely N-dealkylation sites (tertiary alicyclic amines) is 2. The lowest BCUT2D eigenvalue weighted by Gasteiger charge is -2.36. The average Bonchev–Trinajstić information content (AvgIpc) is 4.26. The van der Waals surface area contributed by atoms with Crippen LogP contribution in [0.3, 0.4) is 0 Å². The first-order valence-electron chi connectivity index (χ1n) is 29.1. The number of carbonyl (C=O) groups excluding carboxylic acids is 3. The van der Waals surface area contributed by atoms with E-state index in [-0.39, 0.29) is 29.3 Å². The lowest BCUT2D eigenvalue weighted by Crippen LogP contribution is -2.43. The van der Waals surface area contributed by atoms with Gasteiger partial charge in [-0.05, 0) is 169 Å². The topological polar surface area (TPSA) is 221 Å². The lowest BCUT2D eigenvalue weighted by molar-refractivity contribution is -0.119. The number of primary amides is 2. The van der Waals surface area contributed by atoms with Crippen molar-refractivity contribution in [2.75, 3.05) is 84.7 Å². The van der Waals surface area contributed by atoms with Crippen molar-refractivity contribution in [3.05, 3.63) is 114 Å². The number of carbonyl (C=O) groups is 3. The molecule has 0 spiro atoms. The van der Waals surface area contributed by atoms with Gasteiger partial charge < -0.3 is 52.3 Å². The van der Waals surface area contributed by atoms with E-state index in [4.69, 9.17) is 27.2 Å². The van der Waals surface area contributed by atoms with Gasteiger partial charge >= 0.3 is 0 Å². The Morgan fingerprint density at radius 2 is 1.00 bits per heavy atom. The van der Waals surface area contributed by atoms with Gasteiger partial charge in [-0.15, -0.1) is 0 Å². The molecule has 17 heteroatoms. The summed E-state index contributed by atoms with van der Waals surface area (Å²) in [5.41, 5.74) is 23.0. The minimum absolute atomic E-state index is 0.100. The van der Waals surface area contributed by atoms with E-state index >= 15 is 0 Å². The van der Waals surface area contributed by atoms with Crippen molar-refractivity contribution in [1.82, 2.24) is 29.7 Å². The van der Waals surface area contributed by atoms with Crippen LogP contribution in [0.25, 0.3) is 0 Å². The molecule has 78 heavy (non-hydrogen) atoms. The lowest BCUT2D eigenvalue weighted by atomic mass is 9.88. The Hall–Kier alpha value is -6.69. The Morgan fingerprint density at radius 3 is 1.45 bits per heavy atom. The van der Waals surface area contributed by atoms with E-state index < -0.39 is 11.8 Å². The number of nitrogens with zero attached hydrogens (tertiary/aromatic N) is 9. The number of nitrogens with two attached hydrogens (primary N) is 3. The molecule has 6 aliphatic rings. The van der Waals surface area contributed by atoms with Crippen LogP contribution in [0.5, 0.6) is 0 Å². The molecule has 0 radical (unpaired) electrons. The molecule has 8 N–H and O–H groups in total. The van der Waals surface area contributed by atoms with Crippen molar-refractivity contribution in [3.8, 4) is 0 Å². The van der Waals surface area contributed by atoms with E-state index in [2.05, 4.69) is 88.7 Å². The minimum atomic E-state index is -0.622. The van der Waals surface area contributed by atoms with Crippen LogP contribution >= 0.6 is 0 Å². The maximum absolute atomic E-state index is 13.0. The highest BCUT2D eigenvalue weighted by atomic mass is 16.2. The second kappa shape index (κ2) is 25.8. The summed E-state index contributed by atoms with van der Waals surface area (Å²) in [6.07, 6.45) is 23.6. The first-order valence-corrected chi connectivity index (χ1v) is 29.1. The van der Waals surface area contributed by atoms with Crippen molar-refractivity contribution >= 4 is 58.1 Å². The second-order valence-electron chi connectivity index (χ2n) is 22.9. The van der Waals surface area contributed by atoms with Gasteiger partial charge in [-0.1, -0.05) is 68.1 Å². The normalized spacial score (nSPS) is 21.2. The number of nitrogens with one attached hydrogen (secondary N) is 2. The molecular formula is C61H82N14O3. The van der Waals surface area contributed by atoms with E-state index in [0.29, 0.717) is 48.1 Å². The van der Waals surface area contributed by atoms with Crippen LogP contribution in [0, 0.1) is 5.92 Å². The van der Waals surface area contributed by atoms with Crippen LogP contribution in [0.15, 0.2) is 91.3 Å². The fourth-order valence-electron chi connectivity index (χ4n) is 13.1. The molecule has 2 aliphatic carbocycles. The summed E-state index contributed by atoms with van der Waals surface area (Å²) in [5, 5.41) is 6.59. The molecule has 2 saturated carbocycles. The number of hydrogen-bond donors (Lipinski definition) is 5. The van der Waals surface area contributed by atoms with Crippen LogP contribution < -0.4 is 42.5 Å². The summed E-state index contributed by atoms with van der Waals surface area (Å²) in [6.45, 7) is 7.93. The summed E-state index contributed by atoms with van der Waals surface area (Å²) < 4.78 is 0. The van der Waals surface area contributed by atoms with Gasteiger partial charge in [0, 0.05) is 74.8 Å². The molecule has 0 unspecified atom stereocenters. The van der Waals surface area contributed by atoms with Gasteiger partial charge in [-0.25, -0.2) is 19.9 Å². The standard InChI is InChI=1S/C35H45N7O2.C26H37N7O/c1-40(29-9-3-2-4-10-29)32(43)22-25-8-7-19-42(24-25)31-23-37-33(34(36)44)35(39-31)38-28-15-13-26(14-16-28)27-17-20-41(21-18-27)30-11-5-6-12-30;27-20-4-3-13-33(17-20)23-16-29-24(25(28)34)26(31-23)30-21-9-7-18(8-10-21)19-11-14-32(15-12-19)22-5-1-2-6-22/h2-4,9-10,13-16,23,25,27,30H,5-8,11-12,17-22,24H2,1H3,(H2,36,44)(H,38,39);7-10,16,19-20,22H,1-6,11-15,17,27H2,(H2,28,34)(H,30,31)/t25-;20-/m01/s1. The SMILES string of the molecule is CN(C(=O)C[C@@H]1CCCN(c2cnc(C(N)=O)c(Nc3ccc(C4CCN(C5CCCC5)CC4)cc3)n2)C1)c1ccccc1.NC(=O)c1ncc(N2CCC[C@@H](N)C2)nc1Nc1ccc(C2CCN(C3CCCC3)CC2)cc1. The number of para-hydroxylation sites is 1. The molecule has 2 atom stereocenters. The number of benzene rings is 3. The molecule has 2 aromatic heterocycles. The van der Waals surface area contributed by atoms with Crippen LogP contribution in [0.4, 0.5) is 40.3 Å².